The third-order valence-electron chi connectivity index (χ3n) is 4.88. The molecule has 0 aliphatic rings. The molecular formula is C20H26N6O. The van der Waals surface area contributed by atoms with Gasteiger partial charge in [-0.3, -0.25) is 15.1 Å². The van der Waals surface area contributed by atoms with Crippen molar-refractivity contribution in [3.05, 3.63) is 52.8 Å². The summed E-state index contributed by atoms with van der Waals surface area (Å²) in [6.45, 7) is 6.56. The summed E-state index contributed by atoms with van der Waals surface area (Å²) in [5, 5.41) is 14.8. The van der Waals surface area contributed by atoms with E-state index < -0.39 is 0 Å². The van der Waals surface area contributed by atoms with Crippen molar-refractivity contribution >= 4 is 11.8 Å². The van der Waals surface area contributed by atoms with Crippen molar-refractivity contribution in [2.45, 2.75) is 27.2 Å². The van der Waals surface area contributed by atoms with E-state index >= 15 is 0 Å². The van der Waals surface area contributed by atoms with Gasteiger partial charge in [-0.2, -0.15) is 10.2 Å². The van der Waals surface area contributed by atoms with Crippen molar-refractivity contribution in [1.29, 1.82) is 0 Å². The van der Waals surface area contributed by atoms with Crippen molar-refractivity contribution in [3.8, 4) is 11.3 Å². The van der Waals surface area contributed by atoms with Gasteiger partial charge in [0, 0.05) is 37.5 Å². The monoisotopic (exact) mass is 366 g/mol. The highest BCUT2D eigenvalue weighted by atomic mass is 16.2. The van der Waals surface area contributed by atoms with E-state index in [1.165, 1.54) is 0 Å². The SMILES string of the molecule is Cc1n[nH]c(C)c1CCN(C)C(=O)Nc1c(C)c(-c2ccccc2)nn1C. The number of carbonyl (C=O) groups is 1. The Hall–Kier alpha value is -3.09. The molecule has 2 aromatic heterocycles. The molecule has 142 valence electrons. The van der Waals surface area contributed by atoms with Crippen LogP contribution in [0.2, 0.25) is 0 Å². The molecule has 2 amide bonds. The van der Waals surface area contributed by atoms with Crippen LogP contribution in [0.15, 0.2) is 30.3 Å². The minimum absolute atomic E-state index is 0.153. The molecule has 0 bridgehead atoms. The van der Waals surface area contributed by atoms with E-state index in [2.05, 4.69) is 20.6 Å². The van der Waals surface area contributed by atoms with E-state index in [1.807, 2.05) is 58.2 Å². The molecule has 0 aliphatic heterocycles. The number of aromatic nitrogens is 4. The number of likely N-dealkylation sites (N-methyl/N-ethyl adjacent to an activating group) is 1. The molecule has 1 aromatic carbocycles. The molecule has 3 rings (SSSR count). The quantitative estimate of drug-likeness (QED) is 0.726. The van der Waals surface area contributed by atoms with Crippen LogP contribution in [-0.4, -0.2) is 44.5 Å². The zero-order chi connectivity index (χ0) is 19.6. The first-order valence-electron chi connectivity index (χ1n) is 9.00. The fraction of sp³-hybridized carbons (Fsp3) is 0.350. The highest BCUT2D eigenvalue weighted by molar-refractivity contribution is 5.90. The number of nitrogens with one attached hydrogen (secondary N) is 2. The molecule has 0 fully saturated rings. The van der Waals surface area contributed by atoms with Gasteiger partial charge >= 0.3 is 6.03 Å². The Kier molecular flexibility index (Phi) is 5.30. The number of amides is 2. The predicted molar refractivity (Wildman–Crippen MR) is 107 cm³/mol. The molecule has 3 aromatic rings. The van der Waals surface area contributed by atoms with Crippen molar-refractivity contribution in [2.75, 3.05) is 18.9 Å². The van der Waals surface area contributed by atoms with Crippen molar-refractivity contribution in [2.24, 2.45) is 7.05 Å². The second-order valence-corrected chi connectivity index (χ2v) is 6.83. The number of benzene rings is 1. The molecule has 0 unspecified atom stereocenters. The molecule has 0 spiro atoms. The highest BCUT2D eigenvalue weighted by Crippen LogP contribution is 2.27. The Balaban J connectivity index is 1.69. The van der Waals surface area contributed by atoms with Gasteiger partial charge in [0.25, 0.3) is 0 Å². The smallest absolute Gasteiger partial charge is 0.322 e. The molecule has 7 nitrogen and oxygen atoms in total. The van der Waals surface area contributed by atoms with Gasteiger partial charge in [-0.25, -0.2) is 4.79 Å². The van der Waals surface area contributed by atoms with Gasteiger partial charge in [-0.15, -0.1) is 0 Å². The van der Waals surface area contributed by atoms with Gasteiger partial charge < -0.3 is 4.90 Å². The third-order valence-corrected chi connectivity index (χ3v) is 4.88. The number of rotatable bonds is 5. The van der Waals surface area contributed by atoms with Crippen LogP contribution >= 0.6 is 0 Å². The number of hydrogen-bond acceptors (Lipinski definition) is 3. The maximum Gasteiger partial charge on any atom is 0.322 e. The number of nitrogens with zero attached hydrogens (tertiary/aromatic N) is 4. The van der Waals surface area contributed by atoms with E-state index in [0.29, 0.717) is 12.4 Å². The van der Waals surface area contributed by atoms with Crippen LogP contribution in [0.25, 0.3) is 11.3 Å². The Morgan fingerprint density at radius 2 is 1.93 bits per heavy atom. The lowest BCUT2D eigenvalue weighted by atomic mass is 10.1. The zero-order valence-corrected chi connectivity index (χ0v) is 16.5. The average Bonchev–Trinajstić information content (AvgIpc) is 3.13. The van der Waals surface area contributed by atoms with Crippen LogP contribution in [0.3, 0.4) is 0 Å². The van der Waals surface area contributed by atoms with Gasteiger partial charge in [0.1, 0.15) is 5.82 Å². The van der Waals surface area contributed by atoms with E-state index in [1.54, 1.807) is 16.6 Å². The third kappa shape index (κ3) is 3.86. The van der Waals surface area contributed by atoms with Gasteiger partial charge in [0.05, 0.1) is 11.4 Å². The lowest BCUT2D eigenvalue weighted by molar-refractivity contribution is 0.222. The zero-order valence-electron chi connectivity index (χ0n) is 16.5. The summed E-state index contributed by atoms with van der Waals surface area (Å²) in [5.41, 5.74) is 6.06. The van der Waals surface area contributed by atoms with E-state index in [9.17, 15) is 4.79 Å². The maximum absolute atomic E-state index is 12.6. The standard InChI is InChI=1S/C20H26N6O/c1-13-18(16-9-7-6-8-10-16)24-26(5)19(13)21-20(27)25(4)12-11-17-14(2)22-23-15(17)3/h6-10H,11-12H2,1-5H3,(H,21,27)(H,22,23). The Morgan fingerprint density at radius 3 is 2.56 bits per heavy atom. The van der Waals surface area contributed by atoms with Crippen LogP contribution < -0.4 is 5.32 Å². The van der Waals surface area contributed by atoms with Crippen LogP contribution in [0.4, 0.5) is 10.6 Å². The second-order valence-electron chi connectivity index (χ2n) is 6.83. The Labute approximate surface area is 159 Å². The fourth-order valence-electron chi connectivity index (χ4n) is 3.19. The van der Waals surface area contributed by atoms with Crippen LogP contribution in [0, 0.1) is 20.8 Å². The number of aryl methyl sites for hydroxylation is 3. The lowest BCUT2D eigenvalue weighted by Crippen LogP contribution is -2.33. The van der Waals surface area contributed by atoms with Crippen LogP contribution in [0.1, 0.15) is 22.5 Å². The highest BCUT2D eigenvalue weighted by Gasteiger charge is 2.18. The summed E-state index contributed by atoms with van der Waals surface area (Å²) in [6, 6.07) is 9.82. The first-order chi connectivity index (χ1) is 12.9. The normalized spacial score (nSPS) is 10.9. The molecule has 2 heterocycles. The van der Waals surface area contributed by atoms with Crippen LogP contribution in [-0.2, 0) is 13.5 Å². The van der Waals surface area contributed by atoms with Gasteiger partial charge in [0.2, 0.25) is 0 Å². The molecule has 0 saturated carbocycles. The minimum atomic E-state index is -0.153. The number of H-pyrrole nitrogens is 1. The maximum atomic E-state index is 12.6. The number of urea groups is 1. The topological polar surface area (TPSA) is 78.8 Å². The van der Waals surface area contributed by atoms with Crippen LogP contribution in [0.5, 0.6) is 0 Å². The van der Waals surface area contributed by atoms with E-state index in [0.717, 1.165) is 40.2 Å². The molecule has 7 heteroatoms. The van der Waals surface area contributed by atoms with Gasteiger partial charge in [-0.1, -0.05) is 30.3 Å². The van der Waals surface area contributed by atoms with Crippen molar-refractivity contribution in [1.82, 2.24) is 24.9 Å². The average molecular weight is 366 g/mol. The molecular weight excluding hydrogens is 340 g/mol. The van der Waals surface area contributed by atoms with Crippen molar-refractivity contribution in [3.63, 3.8) is 0 Å². The summed E-state index contributed by atoms with van der Waals surface area (Å²) < 4.78 is 1.72. The Morgan fingerprint density at radius 1 is 1.22 bits per heavy atom. The van der Waals surface area contributed by atoms with E-state index in [-0.39, 0.29) is 6.03 Å². The van der Waals surface area contributed by atoms with Crippen molar-refractivity contribution < 1.29 is 4.79 Å². The molecule has 0 atom stereocenters. The minimum Gasteiger partial charge on any atom is -0.327 e. The molecule has 0 aliphatic carbocycles. The number of aromatic amines is 1. The second kappa shape index (κ2) is 7.65. The number of anilines is 1. The first-order valence-corrected chi connectivity index (χ1v) is 9.00. The first kappa shape index (κ1) is 18.7. The molecule has 0 radical (unpaired) electrons. The number of carbonyl (C=O) groups excluding carboxylic acids is 1. The van der Waals surface area contributed by atoms with Gasteiger partial charge in [0.15, 0.2) is 0 Å². The summed E-state index contributed by atoms with van der Waals surface area (Å²) in [4.78, 5) is 14.3. The summed E-state index contributed by atoms with van der Waals surface area (Å²) in [6.07, 6.45) is 0.762. The largest absolute Gasteiger partial charge is 0.327 e. The summed E-state index contributed by atoms with van der Waals surface area (Å²) >= 11 is 0. The van der Waals surface area contributed by atoms with Gasteiger partial charge in [-0.05, 0) is 32.8 Å². The molecule has 2 N–H and O–H groups in total. The Bertz CT molecular complexity index is 922. The summed E-state index contributed by atoms with van der Waals surface area (Å²) in [7, 11) is 3.64. The molecule has 0 saturated heterocycles. The lowest BCUT2D eigenvalue weighted by Gasteiger charge is -2.18. The van der Waals surface area contributed by atoms with E-state index in [4.69, 9.17) is 0 Å². The fourth-order valence-corrected chi connectivity index (χ4v) is 3.19. The summed E-state index contributed by atoms with van der Waals surface area (Å²) in [5.74, 6) is 0.710. The molecule has 27 heavy (non-hydrogen) atoms. The number of hydrogen-bond donors (Lipinski definition) is 2. The predicted octanol–water partition coefficient (Wildman–Crippen LogP) is 3.44.